The van der Waals surface area contributed by atoms with Gasteiger partial charge in [-0.3, -0.25) is 0 Å². The van der Waals surface area contributed by atoms with Crippen molar-refractivity contribution in [3.05, 3.63) is 34.9 Å². The molecule has 0 aromatic heterocycles. The van der Waals surface area contributed by atoms with Crippen LogP contribution in [-0.4, -0.2) is 12.0 Å². The average molecular weight is 242 g/mol. The molecule has 1 rings (SSSR count). The predicted molar refractivity (Wildman–Crippen MR) is 56.5 cm³/mol. The van der Waals surface area contributed by atoms with Crippen LogP contribution in [0.4, 0.5) is 4.79 Å². The normalized spacial score (nSPS) is 11.8. The second-order valence-corrected chi connectivity index (χ2v) is 3.57. The van der Waals surface area contributed by atoms with Crippen LogP contribution in [-0.2, 0) is 4.79 Å². The van der Waals surface area contributed by atoms with Gasteiger partial charge in [0.2, 0.25) is 0 Å². The zero-order valence-electron chi connectivity index (χ0n) is 8.27. The van der Waals surface area contributed by atoms with Crippen molar-refractivity contribution in [2.24, 2.45) is 5.73 Å². The largest absolute Gasteiger partial charge is 0.550 e. The number of carboxylic acids is 1. The topological polar surface area (TPSA) is 95.2 Å². The molecule has 1 aromatic carbocycles. The molecule has 6 heteroatoms. The summed E-state index contributed by atoms with van der Waals surface area (Å²) in [5.74, 6) is -1.29. The van der Waals surface area contributed by atoms with Crippen LogP contribution in [0.2, 0.25) is 5.02 Å². The highest BCUT2D eigenvalue weighted by atomic mass is 35.5. The molecule has 0 spiro atoms. The van der Waals surface area contributed by atoms with Crippen molar-refractivity contribution in [3.8, 4) is 0 Å². The fraction of sp³-hybridized carbons (Fsp3) is 0.200. The molecule has 0 heterocycles. The molecule has 0 bridgehead atoms. The Bertz CT molecular complexity index is 393. The fourth-order valence-corrected chi connectivity index (χ4v) is 1.60. The molecule has 1 atom stereocenters. The first-order valence-electron chi connectivity index (χ1n) is 4.51. The van der Waals surface area contributed by atoms with Crippen molar-refractivity contribution < 1.29 is 14.7 Å². The third-order valence-corrected chi connectivity index (χ3v) is 2.31. The van der Waals surface area contributed by atoms with E-state index in [4.69, 9.17) is 17.3 Å². The summed E-state index contributed by atoms with van der Waals surface area (Å²) in [4.78, 5) is 21.3. The van der Waals surface area contributed by atoms with Gasteiger partial charge >= 0.3 is 6.03 Å². The summed E-state index contributed by atoms with van der Waals surface area (Å²) in [5.41, 5.74) is 5.44. The SMILES string of the molecule is NC(=O)N[C@H](CC(=O)[O-])c1ccccc1Cl. The van der Waals surface area contributed by atoms with Gasteiger partial charge in [-0.2, -0.15) is 0 Å². The first kappa shape index (κ1) is 12.3. The van der Waals surface area contributed by atoms with E-state index in [0.717, 1.165) is 0 Å². The van der Waals surface area contributed by atoms with Crippen molar-refractivity contribution in [3.63, 3.8) is 0 Å². The number of carboxylic acid groups (broad SMARTS) is 1. The Hall–Kier alpha value is -1.75. The molecule has 1 aromatic rings. The lowest BCUT2D eigenvalue weighted by Crippen LogP contribution is -2.37. The van der Waals surface area contributed by atoms with Gasteiger partial charge in [0.1, 0.15) is 0 Å². The maximum absolute atomic E-state index is 10.7. The molecule has 5 nitrogen and oxygen atoms in total. The molecule has 2 amide bonds. The van der Waals surface area contributed by atoms with E-state index in [1.165, 1.54) is 0 Å². The molecular formula is C10H10ClN2O3-. The molecule has 0 aliphatic heterocycles. The standard InChI is InChI=1S/C10H11ClN2O3/c11-7-4-2-1-3-6(7)8(5-9(14)15)13-10(12)16/h1-4,8H,5H2,(H,14,15)(H3,12,13,16)/p-1/t8-/m1/s1. The second-order valence-electron chi connectivity index (χ2n) is 3.16. The van der Waals surface area contributed by atoms with Gasteiger partial charge in [-0.1, -0.05) is 29.8 Å². The molecule has 0 radical (unpaired) electrons. The van der Waals surface area contributed by atoms with E-state index in [1.807, 2.05) is 0 Å². The van der Waals surface area contributed by atoms with E-state index < -0.39 is 18.0 Å². The van der Waals surface area contributed by atoms with Crippen LogP contribution < -0.4 is 16.2 Å². The summed E-state index contributed by atoms with van der Waals surface area (Å²) in [6.45, 7) is 0. The minimum atomic E-state index is -1.29. The lowest BCUT2D eigenvalue weighted by Gasteiger charge is -2.19. The highest BCUT2D eigenvalue weighted by molar-refractivity contribution is 6.31. The molecule has 0 saturated carbocycles. The lowest BCUT2D eigenvalue weighted by molar-refractivity contribution is -0.306. The Kier molecular flexibility index (Phi) is 4.13. The van der Waals surface area contributed by atoms with Crippen LogP contribution in [0.5, 0.6) is 0 Å². The summed E-state index contributed by atoms with van der Waals surface area (Å²) in [6, 6.07) is 5.01. The zero-order valence-corrected chi connectivity index (χ0v) is 9.03. The van der Waals surface area contributed by atoms with E-state index in [0.29, 0.717) is 10.6 Å². The Morgan fingerprint density at radius 1 is 1.44 bits per heavy atom. The minimum Gasteiger partial charge on any atom is -0.550 e. The molecule has 0 fully saturated rings. The number of carbonyl (C=O) groups excluding carboxylic acids is 2. The van der Waals surface area contributed by atoms with Crippen molar-refractivity contribution >= 4 is 23.6 Å². The van der Waals surface area contributed by atoms with E-state index >= 15 is 0 Å². The van der Waals surface area contributed by atoms with Crippen molar-refractivity contribution in [1.82, 2.24) is 5.32 Å². The monoisotopic (exact) mass is 241 g/mol. The number of benzene rings is 1. The number of nitrogens with one attached hydrogen (secondary N) is 1. The van der Waals surface area contributed by atoms with Gasteiger partial charge < -0.3 is 21.0 Å². The Balaban J connectivity index is 2.96. The lowest BCUT2D eigenvalue weighted by atomic mass is 10.0. The van der Waals surface area contributed by atoms with Gasteiger partial charge in [-0.05, 0) is 11.6 Å². The number of hydrogen-bond donors (Lipinski definition) is 2. The van der Waals surface area contributed by atoms with Crippen LogP contribution in [0.3, 0.4) is 0 Å². The van der Waals surface area contributed by atoms with Gasteiger partial charge in [0.05, 0.1) is 6.04 Å². The summed E-state index contributed by atoms with van der Waals surface area (Å²) in [6.07, 6.45) is -0.382. The van der Waals surface area contributed by atoms with Crippen LogP contribution in [0.25, 0.3) is 0 Å². The van der Waals surface area contributed by atoms with E-state index in [2.05, 4.69) is 5.32 Å². The highest BCUT2D eigenvalue weighted by Crippen LogP contribution is 2.24. The zero-order chi connectivity index (χ0) is 12.1. The smallest absolute Gasteiger partial charge is 0.312 e. The van der Waals surface area contributed by atoms with E-state index in [9.17, 15) is 14.7 Å². The van der Waals surface area contributed by atoms with Gasteiger partial charge in [-0.25, -0.2) is 4.79 Å². The Labute approximate surface area is 97.2 Å². The highest BCUT2D eigenvalue weighted by Gasteiger charge is 2.15. The van der Waals surface area contributed by atoms with Gasteiger partial charge in [0.15, 0.2) is 0 Å². The summed E-state index contributed by atoms with van der Waals surface area (Å²) in [5, 5.41) is 13.2. The fourth-order valence-electron chi connectivity index (χ4n) is 1.33. The summed E-state index contributed by atoms with van der Waals surface area (Å²) < 4.78 is 0. The first-order chi connectivity index (χ1) is 7.50. The summed E-state index contributed by atoms with van der Waals surface area (Å²) >= 11 is 5.88. The van der Waals surface area contributed by atoms with E-state index in [1.54, 1.807) is 24.3 Å². The third kappa shape index (κ3) is 3.43. The van der Waals surface area contributed by atoms with Gasteiger partial charge in [0, 0.05) is 17.4 Å². The molecule has 16 heavy (non-hydrogen) atoms. The van der Waals surface area contributed by atoms with Crippen LogP contribution >= 0.6 is 11.6 Å². The quantitative estimate of drug-likeness (QED) is 0.788. The minimum absolute atomic E-state index is 0.363. The number of nitrogens with two attached hydrogens (primary N) is 1. The van der Waals surface area contributed by atoms with Crippen molar-refractivity contribution in [1.29, 1.82) is 0 Å². The predicted octanol–water partition coefficient (Wildman–Crippen LogP) is 0.189. The van der Waals surface area contributed by atoms with Crippen LogP contribution in [0.15, 0.2) is 24.3 Å². The number of carbonyl (C=O) groups is 2. The average Bonchev–Trinajstić information content (AvgIpc) is 2.15. The number of hydrogen-bond acceptors (Lipinski definition) is 3. The van der Waals surface area contributed by atoms with Gasteiger partial charge in [0.25, 0.3) is 0 Å². The first-order valence-corrected chi connectivity index (χ1v) is 4.88. The number of primary amides is 1. The number of urea groups is 1. The Morgan fingerprint density at radius 2 is 2.06 bits per heavy atom. The molecule has 0 saturated heterocycles. The van der Waals surface area contributed by atoms with Gasteiger partial charge in [-0.15, -0.1) is 0 Å². The molecule has 0 unspecified atom stereocenters. The molecule has 0 aliphatic carbocycles. The Morgan fingerprint density at radius 3 is 2.56 bits per heavy atom. The third-order valence-electron chi connectivity index (χ3n) is 1.97. The molecule has 3 N–H and O–H groups in total. The van der Waals surface area contributed by atoms with Crippen molar-refractivity contribution in [2.45, 2.75) is 12.5 Å². The second kappa shape index (κ2) is 5.37. The molecule has 86 valence electrons. The number of halogens is 1. The maximum atomic E-state index is 10.7. The molecule has 0 aliphatic rings. The molecular weight excluding hydrogens is 232 g/mol. The van der Waals surface area contributed by atoms with E-state index in [-0.39, 0.29) is 6.42 Å². The number of amides is 2. The maximum Gasteiger partial charge on any atom is 0.312 e. The van der Waals surface area contributed by atoms with Crippen LogP contribution in [0, 0.1) is 0 Å². The number of rotatable bonds is 4. The number of aliphatic carboxylic acids is 1. The summed E-state index contributed by atoms with van der Waals surface area (Å²) in [7, 11) is 0. The van der Waals surface area contributed by atoms with Crippen molar-refractivity contribution in [2.75, 3.05) is 0 Å². The van der Waals surface area contributed by atoms with Crippen LogP contribution in [0.1, 0.15) is 18.0 Å².